The van der Waals surface area contributed by atoms with E-state index in [0.717, 1.165) is 17.5 Å². The van der Waals surface area contributed by atoms with Crippen molar-refractivity contribution in [1.82, 2.24) is 4.90 Å². The van der Waals surface area contributed by atoms with Crippen LogP contribution in [-0.2, 0) is 11.4 Å². The van der Waals surface area contributed by atoms with Gasteiger partial charge < -0.3 is 19.3 Å². The predicted octanol–water partition coefficient (Wildman–Crippen LogP) is 5.06. The molecule has 6 nitrogen and oxygen atoms in total. The molecule has 0 radical (unpaired) electrons. The SMILES string of the molecule is COc1cc(C(c2cccc(F)c2)N2CCCC2C(=O)O)cc(OC)c1OCc1ccccc1. The van der Waals surface area contributed by atoms with Crippen molar-refractivity contribution < 1.29 is 28.5 Å². The molecule has 0 spiro atoms. The Hall–Kier alpha value is -3.58. The molecule has 4 rings (SSSR count). The number of methoxy groups -OCH3 is 2. The summed E-state index contributed by atoms with van der Waals surface area (Å²) in [7, 11) is 3.09. The van der Waals surface area contributed by atoms with Gasteiger partial charge in [0.05, 0.1) is 20.3 Å². The van der Waals surface area contributed by atoms with Crippen LogP contribution < -0.4 is 14.2 Å². The largest absolute Gasteiger partial charge is 0.493 e. The molecule has 1 saturated heterocycles. The topological polar surface area (TPSA) is 68.2 Å². The lowest BCUT2D eigenvalue weighted by Gasteiger charge is -2.32. The minimum Gasteiger partial charge on any atom is -0.493 e. The van der Waals surface area contributed by atoms with Gasteiger partial charge in [0.1, 0.15) is 18.5 Å². The van der Waals surface area contributed by atoms with Crippen molar-refractivity contribution in [3.8, 4) is 17.2 Å². The van der Waals surface area contributed by atoms with Gasteiger partial charge >= 0.3 is 5.97 Å². The third-order valence-electron chi connectivity index (χ3n) is 6.10. The molecule has 2 atom stereocenters. The molecule has 2 unspecified atom stereocenters. The van der Waals surface area contributed by atoms with Gasteiger partial charge in [-0.05, 0) is 53.8 Å². The highest BCUT2D eigenvalue weighted by Crippen LogP contribution is 2.44. The minimum atomic E-state index is -0.888. The van der Waals surface area contributed by atoms with Crippen LogP contribution in [0, 0.1) is 5.82 Å². The number of carboxylic acid groups (broad SMARTS) is 1. The highest BCUT2D eigenvalue weighted by atomic mass is 19.1. The Bertz CT molecular complexity index is 1110. The highest BCUT2D eigenvalue weighted by Gasteiger charge is 2.37. The van der Waals surface area contributed by atoms with E-state index in [4.69, 9.17) is 14.2 Å². The molecule has 3 aromatic carbocycles. The van der Waals surface area contributed by atoms with Gasteiger partial charge in [0.25, 0.3) is 0 Å². The molecular formula is C27H28FNO5. The number of ether oxygens (including phenoxy) is 3. The van der Waals surface area contributed by atoms with E-state index in [2.05, 4.69) is 0 Å². The molecule has 34 heavy (non-hydrogen) atoms. The summed E-state index contributed by atoms with van der Waals surface area (Å²) in [4.78, 5) is 13.9. The van der Waals surface area contributed by atoms with Crippen LogP contribution in [0.15, 0.2) is 66.7 Å². The number of halogens is 1. The molecular weight excluding hydrogens is 437 g/mol. The van der Waals surface area contributed by atoms with Crippen LogP contribution in [0.3, 0.4) is 0 Å². The average molecular weight is 466 g/mol. The van der Waals surface area contributed by atoms with E-state index in [1.165, 1.54) is 12.1 Å². The fraction of sp³-hybridized carbons (Fsp3) is 0.296. The van der Waals surface area contributed by atoms with Crippen LogP contribution in [0.1, 0.15) is 35.6 Å². The van der Waals surface area contributed by atoms with E-state index < -0.39 is 18.1 Å². The number of rotatable bonds is 9. The van der Waals surface area contributed by atoms with Gasteiger partial charge in [0, 0.05) is 6.54 Å². The summed E-state index contributed by atoms with van der Waals surface area (Å²) in [5, 5.41) is 9.82. The summed E-state index contributed by atoms with van der Waals surface area (Å²) in [6.45, 7) is 0.905. The van der Waals surface area contributed by atoms with Crippen LogP contribution in [0.4, 0.5) is 4.39 Å². The Kier molecular flexibility index (Phi) is 7.33. The summed E-state index contributed by atoms with van der Waals surface area (Å²) in [6, 6.07) is 18.5. The molecule has 1 aliphatic heterocycles. The Balaban J connectivity index is 1.77. The Labute approximate surface area is 198 Å². The first kappa shape index (κ1) is 23.6. The second-order valence-corrected chi connectivity index (χ2v) is 8.22. The van der Waals surface area contributed by atoms with Crippen molar-refractivity contribution >= 4 is 5.97 Å². The first-order valence-electron chi connectivity index (χ1n) is 11.2. The second-order valence-electron chi connectivity index (χ2n) is 8.22. The number of carbonyl (C=O) groups is 1. The first-order valence-corrected chi connectivity index (χ1v) is 11.2. The third-order valence-corrected chi connectivity index (χ3v) is 6.10. The molecule has 0 amide bonds. The van der Waals surface area contributed by atoms with Gasteiger partial charge in [-0.15, -0.1) is 0 Å². The Morgan fingerprint density at radius 1 is 1.03 bits per heavy atom. The Morgan fingerprint density at radius 3 is 2.35 bits per heavy atom. The van der Waals surface area contributed by atoms with Crippen LogP contribution in [0.2, 0.25) is 0 Å². The van der Waals surface area contributed by atoms with E-state index in [1.54, 1.807) is 20.3 Å². The standard InChI is InChI=1S/C27H28FNO5/c1-32-23-15-20(16-24(33-2)26(23)34-17-18-8-4-3-5-9-18)25(19-10-6-11-21(28)14-19)29-13-7-12-22(29)27(30)31/h3-6,8-11,14-16,22,25H,7,12-13,17H2,1-2H3,(H,30,31). The number of likely N-dealkylation sites (tertiary alicyclic amines) is 1. The summed E-state index contributed by atoms with van der Waals surface area (Å²) in [5.41, 5.74) is 2.39. The zero-order chi connectivity index (χ0) is 24.1. The van der Waals surface area contributed by atoms with E-state index in [0.29, 0.717) is 42.4 Å². The van der Waals surface area contributed by atoms with Gasteiger partial charge in [0.15, 0.2) is 11.5 Å². The summed E-state index contributed by atoms with van der Waals surface area (Å²) in [6.07, 6.45) is 1.28. The fourth-order valence-electron chi connectivity index (χ4n) is 4.55. The van der Waals surface area contributed by atoms with Gasteiger partial charge in [-0.2, -0.15) is 0 Å². The van der Waals surface area contributed by atoms with Gasteiger partial charge in [-0.1, -0.05) is 42.5 Å². The van der Waals surface area contributed by atoms with Crippen LogP contribution >= 0.6 is 0 Å². The number of carboxylic acids is 1. The monoisotopic (exact) mass is 465 g/mol. The van der Waals surface area contributed by atoms with Crippen molar-refractivity contribution in [3.05, 3.63) is 89.2 Å². The molecule has 3 aromatic rings. The van der Waals surface area contributed by atoms with E-state index in [9.17, 15) is 14.3 Å². The molecule has 178 valence electrons. The average Bonchev–Trinajstić information content (AvgIpc) is 3.33. The minimum absolute atomic E-state index is 0.327. The van der Waals surface area contributed by atoms with Crippen LogP contribution in [-0.4, -0.2) is 42.8 Å². The lowest BCUT2D eigenvalue weighted by molar-refractivity contribution is -0.142. The van der Waals surface area contributed by atoms with E-state index >= 15 is 0 Å². The molecule has 1 fully saturated rings. The van der Waals surface area contributed by atoms with Crippen LogP contribution in [0.5, 0.6) is 17.2 Å². The van der Waals surface area contributed by atoms with E-state index in [-0.39, 0.29) is 5.82 Å². The van der Waals surface area contributed by atoms with Crippen molar-refractivity contribution in [3.63, 3.8) is 0 Å². The van der Waals surface area contributed by atoms with Crippen LogP contribution in [0.25, 0.3) is 0 Å². The maximum absolute atomic E-state index is 14.2. The number of benzene rings is 3. The summed E-state index contributed by atoms with van der Waals surface area (Å²) < 4.78 is 31.6. The number of hydrogen-bond donors (Lipinski definition) is 1. The zero-order valence-electron chi connectivity index (χ0n) is 19.2. The van der Waals surface area contributed by atoms with Crippen molar-refractivity contribution in [2.75, 3.05) is 20.8 Å². The number of hydrogen-bond acceptors (Lipinski definition) is 5. The maximum Gasteiger partial charge on any atom is 0.320 e. The summed E-state index contributed by atoms with van der Waals surface area (Å²) >= 11 is 0. The Morgan fingerprint density at radius 2 is 1.74 bits per heavy atom. The van der Waals surface area contributed by atoms with Crippen molar-refractivity contribution in [1.29, 1.82) is 0 Å². The lowest BCUT2D eigenvalue weighted by Crippen LogP contribution is -2.39. The fourth-order valence-corrected chi connectivity index (χ4v) is 4.55. The second kappa shape index (κ2) is 10.6. The van der Waals surface area contributed by atoms with Gasteiger partial charge in [0.2, 0.25) is 5.75 Å². The number of nitrogens with zero attached hydrogens (tertiary/aromatic N) is 1. The quantitative estimate of drug-likeness (QED) is 0.477. The maximum atomic E-state index is 14.2. The first-order chi connectivity index (χ1) is 16.5. The zero-order valence-corrected chi connectivity index (χ0v) is 19.2. The van der Waals surface area contributed by atoms with Gasteiger partial charge in [-0.25, -0.2) is 4.39 Å². The normalized spacial score (nSPS) is 16.7. The molecule has 0 saturated carbocycles. The molecule has 1 heterocycles. The molecule has 0 aromatic heterocycles. The van der Waals surface area contributed by atoms with Gasteiger partial charge in [-0.3, -0.25) is 9.69 Å². The number of aliphatic carboxylic acids is 1. The lowest BCUT2D eigenvalue weighted by atomic mass is 9.95. The molecule has 7 heteroatoms. The van der Waals surface area contributed by atoms with E-state index in [1.807, 2.05) is 53.4 Å². The van der Waals surface area contributed by atoms with Crippen molar-refractivity contribution in [2.45, 2.75) is 31.5 Å². The molecule has 0 bridgehead atoms. The smallest absolute Gasteiger partial charge is 0.320 e. The molecule has 0 aliphatic carbocycles. The molecule has 1 N–H and O–H groups in total. The summed E-state index contributed by atoms with van der Waals surface area (Å²) in [5.74, 6) is 0.0956. The van der Waals surface area contributed by atoms with Crippen molar-refractivity contribution in [2.24, 2.45) is 0 Å². The molecule has 1 aliphatic rings. The predicted molar refractivity (Wildman–Crippen MR) is 126 cm³/mol. The highest BCUT2D eigenvalue weighted by molar-refractivity contribution is 5.74. The third kappa shape index (κ3) is 4.99.